The largest absolute Gasteiger partial charge is 0.316 e. The molecule has 1 aliphatic heterocycles. The predicted molar refractivity (Wildman–Crippen MR) is 58.6 cm³/mol. The molecule has 2 heterocycles. The van der Waals surface area contributed by atoms with E-state index in [9.17, 15) is 0 Å². The predicted octanol–water partition coefficient (Wildman–Crippen LogP) is 2.28. The summed E-state index contributed by atoms with van der Waals surface area (Å²) in [5.74, 6) is 1.16. The molecule has 1 fully saturated rings. The molecule has 1 aromatic rings. The van der Waals surface area contributed by atoms with Crippen LogP contribution in [0.1, 0.15) is 43.5 Å². The van der Waals surface area contributed by atoms with E-state index in [1.54, 1.807) is 0 Å². The van der Waals surface area contributed by atoms with Gasteiger partial charge in [-0.25, -0.2) is 0 Å². The highest BCUT2D eigenvalue weighted by atomic mass is 14.9. The average molecular weight is 190 g/mol. The molecule has 0 saturated carbocycles. The van der Waals surface area contributed by atoms with Gasteiger partial charge in [-0.1, -0.05) is 19.9 Å². The fraction of sp³-hybridized carbons (Fsp3) is 0.583. The Hall–Kier alpha value is -0.890. The quantitative estimate of drug-likeness (QED) is 0.774. The van der Waals surface area contributed by atoms with E-state index < -0.39 is 0 Å². The lowest BCUT2D eigenvalue weighted by Crippen LogP contribution is -2.09. The van der Waals surface area contributed by atoms with Crippen LogP contribution in [0.15, 0.2) is 18.2 Å². The van der Waals surface area contributed by atoms with Crippen molar-refractivity contribution >= 4 is 0 Å². The molecule has 2 nitrogen and oxygen atoms in total. The van der Waals surface area contributed by atoms with Crippen LogP contribution >= 0.6 is 0 Å². The maximum Gasteiger partial charge on any atom is 0.0451 e. The van der Waals surface area contributed by atoms with E-state index in [-0.39, 0.29) is 0 Å². The molecular formula is C12H18N2. The van der Waals surface area contributed by atoms with E-state index in [0.717, 1.165) is 13.1 Å². The second-order valence-corrected chi connectivity index (χ2v) is 4.33. The minimum atomic E-state index is 0.532. The van der Waals surface area contributed by atoms with Crippen molar-refractivity contribution in [3.8, 4) is 0 Å². The van der Waals surface area contributed by atoms with Gasteiger partial charge in [0.2, 0.25) is 0 Å². The third-order valence-corrected chi connectivity index (χ3v) is 2.86. The summed E-state index contributed by atoms with van der Waals surface area (Å²) >= 11 is 0. The zero-order valence-corrected chi connectivity index (χ0v) is 8.96. The Morgan fingerprint density at radius 1 is 1.43 bits per heavy atom. The van der Waals surface area contributed by atoms with Crippen LogP contribution in [0, 0.1) is 0 Å². The van der Waals surface area contributed by atoms with Crippen LogP contribution < -0.4 is 5.32 Å². The van der Waals surface area contributed by atoms with Crippen LogP contribution in [0.4, 0.5) is 0 Å². The highest BCUT2D eigenvalue weighted by Crippen LogP contribution is 2.22. The average Bonchev–Trinajstić information content (AvgIpc) is 2.71. The number of hydrogen-bond donors (Lipinski definition) is 1. The third kappa shape index (κ3) is 1.95. The summed E-state index contributed by atoms with van der Waals surface area (Å²) in [4.78, 5) is 4.71. The van der Waals surface area contributed by atoms with Crippen LogP contribution in [0.2, 0.25) is 0 Å². The Morgan fingerprint density at radius 2 is 2.29 bits per heavy atom. The lowest BCUT2D eigenvalue weighted by Gasteiger charge is -2.11. The second-order valence-electron chi connectivity index (χ2n) is 4.33. The fourth-order valence-corrected chi connectivity index (χ4v) is 1.92. The van der Waals surface area contributed by atoms with Gasteiger partial charge in [-0.15, -0.1) is 0 Å². The Labute approximate surface area is 85.7 Å². The Kier molecular flexibility index (Phi) is 2.82. The highest BCUT2D eigenvalue weighted by molar-refractivity contribution is 5.18. The summed E-state index contributed by atoms with van der Waals surface area (Å²) < 4.78 is 0. The summed E-state index contributed by atoms with van der Waals surface area (Å²) in [6.45, 7) is 6.62. The van der Waals surface area contributed by atoms with Crippen molar-refractivity contribution in [3.63, 3.8) is 0 Å². The van der Waals surface area contributed by atoms with E-state index in [1.165, 1.54) is 17.8 Å². The number of aromatic nitrogens is 1. The smallest absolute Gasteiger partial charge is 0.0451 e. The summed E-state index contributed by atoms with van der Waals surface area (Å²) in [5, 5.41) is 3.38. The van der Waals surface area contributed by atoms with Crippen LogP contribution in [0.25, 0.3) is 0 Å². The van der Waals surface area contributed by atoms with Crippen LogP contribution in [0.5, 0.6) is 0 Å². The highest BCUT2D eigenvalue weighted by Gasteiger charge is 2.18. The van der Waals surface area contributed by atoms with Crippen molar-refractivity contribution < 1.29 is 0 Å². The van der Waals surface area contributed by atoms with Crippen molar-refractivity contribution in [2.24, 2.45) is 0 Å². The minimum Gasteiger partial charge on any atom is -0.316 e. The van der Waals surface area contributed by atoms with Gasteiger partial charge in [0.25, 0.3) is 0 Å². The zero-order valence-electron chi connectivity index (χ0n) is 8.96. The summed E-state index contributed by atoms with van der Waals surface area (Å²) in [5.41, 5.74) is 2.48. The van der Waals surface area contributed by atoms with Gasteiger partial charge >= 0.3 is 0 Å². The van der Waals surface area contributed by atoms with Gasteiger partial charge < -0.3 is 5.32 Å². The topological polar surface area (TPSA) is 24.9 Å². The molecular weight excluding hydrogens is 172 g/mol. The van der Waals surface area contributed by atoms with Gasteiger partial charge in [0.1, 0.15) is 0 Å². The van der Waals surface area contributed by atoms with Gasteiger partial charge in [-0.05, 0) is 31.0 Å². The van der Waals surface area contributed by atoms with E-state index in [2.05, 4.69) is 37.4 Å². The van der Waals surface area contributed by atoms with Gasteiger partial charge in [-0.2, -0.15) is 0 Å². The van der Waals surface area contributed by atoms with Crippen LogP contribution in [-0.4, -0.2) is 18.1 Å². The SMILES string of the molecule is CC(C)c1cccc(C2CCNC2)n1. The molecule has 0 aliphatic carbocycles. The lowest BCUT2D eigenvalue weighted by atomic mass is 10.0. The van der Waals surface area contributed by atoms with E-state index in [4.69, 9.17) is 4.98 Å². The molecule has 2 rings (SSSR count). The number of hydrogen-bond acceptors (Lipinski definition) is 2. The molecule has 2 heteroatoms. The first-order valence-electron chi connectivity index (χ1n) is 5.45. The van der Waals surface area contributed by atoms with E-state index in [1.807, 2.05) is 0 Å². The van der Waals surface area contributed by atoms with E-state index in [0.29, 0.717) is 11.8 Å². The molecule has 0 amide bonds. The molecule has 1 aliphatic rings. The number of rotatable bonds is 2. The minimum absolute atomic E-state index is 0.532. The molecule has 0 spiro atoms. The van der Waals surface area contributed by atoms with Crippen molar-refractivity contribution in [1.29, 1.82) is 0 Å². The molecule has 1 unspecified atom stereocenters. The molecule has 1 atom stereocenters. The molecule has 76 valence electrons. The molecule has 1 aromatic heterocycles. The summed E-state index contributed by atoms with van der Waals surface area (Å²) in [7, 11) is 0. The normalized spacial score (nSPS) is 21.8. The second kappa shape index (κ2) is 4.09. The molecule has 0 aromatic carbocycles. The zero-order chi connectivity index (χ0) is 9.97. The molecule has 14 heavy (non-hydrogen) atoms. The summed E-state index contributed by atoms with van der Waals surface area (Å²) in [6, 6.07) is 6.41. The van der Waals surface area contributed by atoms with Crippen molar-refractivity contribution in [2.45, 2.75) is 32.1 Å². The van der Waals surface area contributed by atoms with Crippen molar-refractivity contribution in [2.75, 3.05) is 13.1 Å². The van der Waals surface area contributed by atoms with Crippen molar-refractivity contribution in [3.05, 3.63) is 29.6 Å². The number of nitrogens with one attached hydrogen (secondary N) is 1. The Balaban J connectivity index is 2.21. The van der Waals surface area contributed by atoms with Gasteiger partial charge in [0, 0.05) is 23.9 Å². The Morgan fingerprint density at radius 3 is 2.93 bits per heavy atom. The van der Waals surface area contributed by atoms with Gasteiger partial charge in [-0.3, -0.25) is 4.98 Å². The van der Waals surface area contributed by atoms with Gasteiger partial charge in [0.15, 0.2) is 0 Å². The third-order valence-electron chi connectivity index (χ3n) is 2.86. The number of nitrogens with zero attached hydrogens (tertiary/aromatic N) is 1. The molecule has 0 radical (unpaired) electrons. The van der Waals surface area contributed by atoms with Crippen LogP contribution in [0.3, 0.4) is 0 Å². The first-order valence-corrected chi connectivity index (χ1v) is 5.45. The standard InChI is InChI=1S/C12H18N2/c1-9(2)11-4-3-5-12(14-11)10-6-7-13-8-10/h3-5,9-10,13H,6-8H2,1-2H3. The maximum atomic E-state index is 4.71. The summed E-state index contributed by atoms with van der Waals surface area (Å²) in [6.07, 6.45) is 1.23. The van der Waals surface area contributed by atoms with Crippen LogP contribution in [-0.2, 0) is 0 Å². The molecule has 0 bridgehead atoms. The maximum absolute atomic E-state index is 4.71. The monoisotopic (exact) mass is 190 g/mol. The fourth-order valence-electron chi connectivity index (χ4n) is 1.92. The molecule has 1 saturated heterocycles. The molecule has 1 N–H and O–H groups in total. The lowest BCUT2D eigenvalue weighted by molar-refractivity contribution is 0.713. The van der Waals surface area contributed by atoms with Crippen molar-refractivity contribution in [1.82, 2.24) is 10.3 Å². The van der Waals surface area contributed by atoms with Gasteiger partial charge in [0.05, 0.1) is 0 Å². The first kappa shape index (κ1) is 9.66. The van der Waals surface area contributed by atoms with E-state index >= 15 is 0 Å². The Bertz CT molecular complexity index is 301. The number of pyridine rings is 1. The first-order chi connectivity index (χ1) is 6.77.